The number of ether oxygens (including phenoxy) is 1. The van der Waals surface area contributed by atoms with Crippen molar-refractivity contribution >= 4 is 29.2 Å². The van der Waals surface area contributed by atoms with Crippen molar-refractivity contribution in [2.45, 2.75) is 17.2 Å². The normalized spacial score (nSPS) is 17.6. The van der Waals surface area contributed by atoms with Crippen LogP contribution in [0.1, 0.15) is 11.1 Å². The van der Waals surface area contributed by atoms with Gasteiger partial charge in [0.2, 0.25) is 5.91 Å². The van der Waals surface area contributed by atoms with Crippen LogP contribution < -0.4 is 5.32 Å². The van der Waals surface area contributed by atoms with E-state index in [1.807, 2.05) is 19.0 Å². The number of anilines is 1. The molecule has 1 unspecified atom stereocenters. The van der Waals surface area contributed by atoms with Gasteiger partial charge in [-0.25, -0.2) is 8.78 Å². The number of nitrogens with zero attached hydrogens (tertiary/aromatic N) is 3. The number of benzene rings is 2. The first-order chi connectivity index (χ1) is 19.4. The van der Waals surface area contributed by atoms with Crippen LogP contribution in [-0.2, 0) is 15.7 Å². The molecule has 1 atom stereocenters. The maximum absolute atomic E-state index is 15.0. The fraction of sp³-hybridized carbons (Fsp3) is 0.429. The number of alkyl halides is 3. The predicted molar refractivity (Wildman–Crippen MR) is 149 cm³/mol. The van der Waals surface area contributed by atoms with Crippen LogP contribution in [0.3, 0.4) is 0 Å². The third-order valence-electron chi connectivity index (χ3n) is 6.94. The summed E-state index contributed by atoms with van der Waals surface area (Å²) in [7, 11) is 3.79. The lowest BCUT2D eigenvalue weighted by Crippen LogP contribution is -2.50. The number of thioether (sulfide) groups is 1. The zero-order valence-electron chi connectivity index (χ0n) is 22.8. The Labute approximate surface area is 239 Å². The van der Waals surface area contributed by atoms with E-state index < -0.39 is 28.9 Å². The quantitative estimate of drug-likeness (QED) is 0.208. The lowest BCUT2D eigenvalue weighted by molar-refractivity contribution is -0.137. The Morgan fingerprint density at radius 3 is 2.49 bits per heavy atom. The number of hydrogen-bond donors (Lipinski definition) is 2. The highest BCUT2D eigenvalue weighted by atomic mass is 32.2. The first-order valence-electron chi connectivity index (χ1n) is 13.0. The lowest BCUT2D eigenvalue weighted by Gasteiger charge is -2.36. The summed E-state index contributed by atoms with van der Waals surface area (Å²) in [6.45, 7) is 5.84. The van der Waals surface area contributed by atoms with E-state index in [2.05, 4.69) is 11.9 Å². The summed E-state index contributed by atoms with van der Waals surface area (Å²) < 4.78 is 78.6. The summed E-state index contributed by atoms with van der Waals surface area (Å²) in [5, 5.41) is 12.1. The van der Waals surface area contributed by atoms with Gasteiger partial charge in [-0.2, -0.15) is 13.2 Å². The molecule has 0 saturated carbocycles. The van der Waals surface area contributed by atoms with Gasteiger partial charge in [0.05, 0.1) is 24.0 Å². The second kappa shape index (κ2) is 12.8. The minimum Gasteiger partial charge on any atom is -0.381 e. The molecule has 7 nitrogen and oxygen atoms in total. The van der Waals surface area contributed by atoms with E-state index in [4.69, 9.17) is 10.1 Å². The maximum atomic E-state index is 15.0. The summed E-state index contributed by atoms with van der Waals surface area (Å²) in [5.41, 5.74) is -1.65. The van der Waals surface area contributed by atoms with Crippen molar-refractivity contribution in [2.24, 2.45) is 0 Å². The standard InChI is InChI=1S/C28H32F5N5O2S/c1-4-23(39)37-7-9-38(10-8-37)27(34)20-14-21(28(31,32)33)24(19-6-5-17(29)13-22(19)30)26-25(20)35-15-18(16-41-26)40-12-11-36(2)3/h4-6,13-14,18,34-35H,1,7-12,15-16H2,2-3H3. The van der Waals surface area contributed by atoms with E-state index in [-0.39, 0.29) is 78.0 Å². The highest BCUT2D eigenvalue weighted by Gasteiger charge is 2.39. The Morgan fingerprint density at radius 2 is 1.88 bits per heavy atom. The van der Waals surface area contributed by atoms with E-state index in [1.54, 1.807) is 9.80 Å². The van der Waals surface area contributed by atoms with Gasteiger partial charge in [-0.05, 0) is 38.4 Å². The highest BCUT2D eigenvalue weighted by Crippen LogP contribution is 2.49. The van der Waals surface area contributed by atoms with Gasteiger partial charge in [0, 0.05) is 72.7 Å². The van der Waals surface area contributed by atoms with Gasteiger partial charge in [0.15, 0.2) is 0 Å². The molecule has 2 aliphatic rings. The van der Waals surface area contributed by atoms with Crippen LogP contribution in [-0.4, -0.2) is 98.3 Å². The molecule has 0 spiro atoms. The number of nitrogens with one attached hydrogen (secondary N) is 2. The average molecular weight is 598 g/mol. The Hall–Kier alpha value is -3.16. The van der Waals surface area contributed by atoms with Crippen LogP contribution in [0, 0.1) is 17.0 Å². The van der Waals surface area contributed by atoms with Gasteiger partial charge in [-0.15, -0.1) is 11.8 Å². The fourth-order valence-electron chi connectivity index (χ4n) is 4.76. The molecular formula is C28H32F5N5O2S. The topological polar surface area (TPSA) is 71.9 Å². The number of rotatable bonds is 7. The number of likely N-dealkylation sites (N-methyl/N-ethyl adjacent to an activating group) is 1. The van der Waals surface area contributed by atoms with Crippen LogP contribution in [0.5, 0.6) is 0 Å². The van der Waals surface area contributed by atoms with Crippen molar-refractivity contribution in [1.29, 1.82) is 5.41 Å². The van der Waals surface area contributed by atoms with Crippen molar-refractivity contribution < 1.29 is 31.5 Å². The number of carbonyl (C=O) groups excluding carboxylic acids is 1. The van der Waals surface area contributed by atoms with Crippen LogP contribution in [0.4, 0.5) is 27.6 Å². The Bertz CT molecular complexity index is 1310. The number of amides is 1. The minimum atomic E-state index is -4.90. The van der Waals surface area contributed by atoms with E-state index in [0.717, 1.165) is 30.0 Å². The Kier molecular flexibility index (Phi) is 9.60. The number of hydrogen-bond acceptors (Lipinski definition) is 6. The first-order valence-corrected chi connectivity index (χ1v) is 14.0. The molecule has 1 saturated heterocycles. The molecule has 2 aromatic rings. The van der Waals surface area contributed by atoms with Crippen LogP contribution in [0.2, 0.25) is 0 Å². The van der Waals surface area contributed by atoms with E-state index in [0.29, 0.717) is 19.2 Å². The number of amidine groups is 1. The third-order valence-corrected chi connectivity index (χ3v) is 8.17. The third kappa shape index (κ3) is 7.02. The summed E-state index contributed by atoms with van der Waals surface area (Å²) in [5.74, 6) is -2.15. The van der Waals surface area contributed by atoms with Crippen LogP contribution in [0.25, 0.3) is 11.1 Å². The lowest BCUT2D eigenvalue weighted by atomic mass is 9.94. The van der Waals surface area contributed by atoms with E-state index in [9.17, 15) is 22.4 Å². The van der Waals surface area contributed by atoms with Gasteiger partial charge in [-0.3, -0.25) is 10.2 Å². The number of fused-ring (bicyclic) bond motifs is 1. The fourth-order valence-corrected chi connectivity index (χ4v) is 6.02. The molecule has 0 radical (unpaired) electrons. The second-order valence-electron chi connectivity index (χ2n) is 10.0. The van der Waals surface area contributed by atoms with Gasteiger partial charge in [0.1, 0.15) is 17.5 Å². The molecule has 2 aliphatic heterocycles. The highest BCUT2D eigenvalue weighted by molar-refractivity contribution is 7.99. The molecular weight excluding hydrogens is 565 g/mol. The molecule has 0 aliphatic carbocycles. The van der Waals surface area contributed by atoms with Crippen LogP contribution >= 0.6 is 11.8 Å². The van der Waals surface area contributed by atoms with Crippen molar-refractivity contribution in [3.05, 3.63) is 59.7 Å². The molecule has 2 heterocycles. The van der Waals surface area contributed by atoms with Gasteiger partial charge in [0.25, 0.3) is 0 Å². The molecule has 41 heavy (non-hydrogen) atoms. The average Bonchev–Trinajstić information content (AvgIpc) is 3.14. The predicted octanol–water partition coefficient (Wildman–Crippen LogP) is 4.77. The molecule has 2 aromatic carbocycles. The molecule has 2 N–H and O–H groups in total. The summed E-state index contributed by atoms with van der Waals surface area (Å²) >= 11 is 1.09. The number of carbonyl (C=O) groups is 1. The molecule has 4 rings (SSSR count). The summed E-state index contributed by atoms with van der Waals surface area (Å²) in [6, 6.07) is 3.35. The van der Waals surface area contributed by atoms with Gasteiger partial charge >= 0.3 is 6.18 Å². The van der Waals surface area contributed by atoms with Gasteiger partial charge < -0.3 is 24.8 Å². The summed E-state index contributed by atoms with van der Waals surface area (Å²) in [4.78, 5) is 17.2. The van der Waals surface area contributed by atoms with Crippen LogP contribution in [0.15, 0.2) is 41.8 Å². The minimum absolute atomic E-state index is 0.00327. The molecule has 1 fully saturated rings. The van der Waals surface area contributed by atoms with E-state index >= 15 is 4.39 Å². The van der Waals surface area contributed by atoms with Crippen molar-refractivity contribution in [2.75, 3.05) is 71.0 Å². The van der Waals surface area contributed by atoms with Gasteiger partial charge in [-0.1, -0.05) is 6.58 Å². The number of halogens is 5. The molecule has 1 amide bonds. The molecule has 0 bridgehead atoms. The molecule has 0 aromatic heterocycles. The molecule has 222 valence electrons. The monoisotopic (exact) mass is 597 g/mol. The smallest absolute Gasteiger partial charge is 0.381 e. The number of piperazine rings is 1. The van der Waals surface area contributed by atoms with Crippen molar-refractivity contribution in [1.82, 2.24) is 14.7 Å². The SMILES string of the molecule is C=CC(=O)N1CCN(C(=N)c2cc(C(F)(F)F)c(-c3ccc(F)cc3F)c3c2NCC(OCCN(C)C)CS3)CC1. The zero-order valence-corrected chi connectivity index (χ0v) is 23.6. The van der Waals surface area contributed by atoms with Crippen molar-refractivity contribution in [3.63, 3.8) is 0 Å². The Balaban J connectivity index is 1.80. The first kappa shape index (κ1) is 30.8. The second-order valence-corrected chi connectivity index (χ2v) is 11.1. The van der Waals surface area contributed by atoms with Crippen molar-refractivity contribution in [3.8, 4) is 11.1 Å². The zero-order chi connectivity index (χ0) is 29.9. The largest absolute Gasteiger partial charge is 0.417 e. The maximum Gasteiger partial charge on any atom is 0.417 e. The summed E-state index contributed by atoms with van der Waals surface area (Å²) in [6.07, 6.45) is -4.07. The van der Waals surface area contributed by atoms with E-state index in [1.165, 1.54) is 6.08 Å². The molecule has 13 heteroatoms. The Morgan fingerprint density at radius 1 is 1.20 bits per heavy atom.